The van der Waals surface area contributed by atoms with Gasteiger partial charge in [-0.15, -0.1) is 0 Å². The first-order valence-electron chi connectivity index (χ1n) is 5.44. The Bertz CT molecular complexity index is 597. The first-order valence-corrected chi connectivity index (χ1v) is 5.44. The fourth-order valence-corrected chi connectivity index (χ4v) is 1.50. The van der Waals surface area contributed by atoms with Gasteiger partial charge in [-0.25, -0.2) is 18.0 Å². The maximum absolute atomic E-state index is 13.3. The van der Waals surface area contributed by atoms with Gasteiger partial charge in [0.2, 0.25) is 0 Å². The minimum Gasteiger partial charge on any atom is -0.457 e. The Balaban J connectivity index is 2.12. The van der Waals surface area contributed by atoms with E-state index in [0.717, 1.165) is 6.07 Å². The molecule has 0 aromatic heterocycles. The molecule has 2 nitrogen and oxygen atoms in total. The zero-order valence-corrected chi connectivity index (χ0v) is 9.70. The standard InChI is InChI=1S/C14H9F3O2/c15-11-6-7-12(16)13(17)10(11)8-19-14(18)9-4-2-1-3-5-9/h1-7H,8H2. The SMILES string of the molecule is O=C(OCc1c(F)ccc(F)c1F)c1ccccc1. The summed E-state index contributed by atoms with van der Waals surface area (Å²) in [6, 6.07) is 9.42. The van der Waals surface area contributed by atoms with Crippen molar-refractivity contribution >= 4 is 5.97 Å². The van der Waals surface area contributed by atoms with Gasteiger partial charge in [0.25, 0.3) is 0 Å². The van der Waals surface area contributed by atoms with Gasteiger partial charge >= 0.3 is 5.97 Å². The Morgan fingerprint density at radius 2 is 1.58 bits per heavy atom. The van der Waals surface area contributed by atoms with Crippen molar-refractivity contribution in [3.8, 4) is 0 Å². The fraction of sp³-hybridized carbons (Fsp3) is 0.0714. The van der Waals surface area contributed by atoms with Crippen molar-refractivity contribution in [1.29, 1.82) is 0 Å². The van der Waals surface area contributed by atoms with E-state index in [1.165, 1.54) is 12.1 Å². The van der Waals surface area contributed by atoms with Gasteiger partial charge in [-0.05, 0) is 24.3 Å². The molecular weight excluding hydrogens is 257 g/mol. The lowest BCUT2D eigenvalue weighted by atomic mass is 10.2. The number of hydrogen-bond acceptors (Lipinski definition) is 2. The van der Waals surface area contributed by atoms with Crippen molar-refractivity contribution in [3.05, 3.63) is 71.0 Å². The second kappa shape index (κ2) is 5.56. The number of hydrogen-bond donors (Lipinski definition) is 0. The highest BCUT2D eigenvalue weighted by molar-refractivity contribution is 5.89. The third-order valence-electron chi connectivity index (χ3n) is 2.50. The van der Waals surface area contributed by atoms with E-state index < -0.39 is 35.6 Å². The van der Waals surface area contributed by atoms with E-state index in [4.69, 9.17) is 4.74 Å². The number of carbonyl (C=O) groups is 1. The van der Waals surface area contributed by atoms with Crippen LogP contribution in [0.1, 0.15) is 15.9 Å². The number of benzene rings is 2. The van der Waals surface area contributed by atoms with Crippen molar-refractivity contribution in [1.82, 2.24) is 0 Å². The van der Waals surface area contributed by atoms with E-state index in [1.54, 1.807) is 18.2 Å². The molecule has 0 aliphatic heterocycles. The van der Waals surface area contributed by atoms with Crippen molar-refractivity contribution in [2.75, 3.05) is 0 Å². The molecule has 0 spiro atoms. The minimum absolute atomic E-state index is 0.250. The van der Waals surface area contributed by atoms with Crippen LogP contribution < -0.4 is 0 Å². The summed E-state index contributed by atoms with van der Waals surface area (Å²) in [6.45, 7) is -0.664. The van der Waals surface area contributed by atoms with E-state index in [9.17, 15) is 18.0 Å². The third-order valence-corrected chi connectivity index (χ3v) is 2.50. The highest BCUT2D eigenvalue weighted by Gasteiger charge is 2.16. The fourth-order valence-electron chi connectivity index (χ4n) is 1.50. The number of ether oxygens (including phenoxy) is 1. The van der Waals surface area contributed by atoms with E-state index in [0.29, 0.717) is 6.07 Å². The number of esters is 1. The number of carbonyl (C=O) groups excluding carboxylic acids is 1. The summed E-state index contributed by atoms with van der Waals surface area (Å²) in [5, 5.41) is 0. The summed E-state index contributed by atoms with van der Waals surface area (Å²) in [5.41, 5.74) is -0.357. The molecule has 98 valence electrons. The second-order valence-corrected chi connectivity index (χ2v) is 3.76. The van der Waals surface area contributed by atoms with Gasteiger partial charge in [-0.1, -0.05) is 18.2 Å². The maximum atomic E-state index is 13.3. The lowest BCUT2D eigenvalue weighted by molar-refractivity contribution is 0.0464. The molecule has 2 aromatic rings. The monoisotopic (exact) mass is 266 g/mol. The zero-order valence-electron chi connectivity index (χ0n) is 9.70. The van der Waals surface area contributed by atoms with Crippen molar-refractivity contribution in [2.24, 2.45) is 0 Å². The molecule has 19 heavy (non-hydrogen) atoms. The molecule has 0 bridgehead atoms. The quantitative estimate of drug-likeness (QED) is 0.628. The summed E-state index contributed by atoms with van der Waals surface area (Å²) < 4.78 is 44.3. The molecule has 0 unspecified atom stereocenters. The highest BCUT2D eigenvalue weighted by atomic mass is 19.2. The van der Waals surface area contributed by atoms with Crippen LogP contribution in [0.3, 0.4) is 0 Å². The molecule has 0 aliphatic carbocycles. The van der Waals surface area contributed by atoms with Gasteiger partial charge in [0.15, 0.2) is 11.6 Å². The predicted octanol–water partition coefficient (Wildman–Crippen LogP) is 3.46. The van der Waals surface area contributed by atoms with Gasteiger partial charge in [0.1, 0.15) is 12.4 Å². The summed E-state index contributed by atoms with van der Waals surface area (Å²) in [4.78, 5) is 11.6. The van der Waals surface area contributed by atoms with Crippen LogP contribution in [0.2, 0.25) is 0 Å². The molecule has 2 aromatic carbocycles. The molecule has 2 rings (SSSR count). The van der Waals surface area contributed by atoms with Crippen LogP contribution in [0.5, 0.6) is 0 Å². The van der Waals surface area contributed by atoms with E-state index in [-0.39, 0.29) is 5.56 Å². The molecule has 0 N–H and O–H groups in total. The Kier molecular flexibility index (Phi) is 3.85. The molecule has 0 heterocycles. The van der Waals surface area contributed by atoms with E-state index in [2.05, 4.69) is 0 Å². The van der Waals surface area contributed by atoms with E-state index in [1.807, 2.05) is 0 Å². The Morgan fingerprint density at radius 3 is 2.26 bits per heavy atom. The third kappa shape index (κ3) is 2.93. The molecule has 0 amide bonds. The summed E-state index contributed by atoms with van der Waals surface area (Å²) >= 11 is 0. The normalized spacial score (nSPS) is 10.3. The van der Waals surface area contributed by atoms with Crippen LogP contribution in [0.4, 0.5) is 13.2 Å². The summed E-state index contributed by atoms with van der Waals surface area (Å²) in [7, 11) is 0. The lowest BCUT2D eigenvalue weighted by Crippen LogP contribution is -2.08. The average Bonchev–Trinajstić information content (AvgIpc) is 2.44. The molecule has 0 radical (unpaired) electrons. The zero-order chi connectivity index (χ0) is 13.8. The van der Waals surface area contributed by atoms with Crippen LogP contribution in [-0.4, -0.2) is 5.97 Å². The molecule has 0 atom stereocenters. The summed E-state index contributed by atoms with van der Waals surface area (Å²) in [6.07, 6.45) is 0. The Hall–Kier alpha value is -2.30. The molecule has 0 saturated heterocycles. The first kappa shape index (κ1) is 13.1. The molecule has 0 saturated carbocycles. The average molecular weight is 266 g/mol. The predicted molar refractivity (Wildman–Crippen MR) is 61.9 cm³/mol. The van der Waals surface area contributed by atoms with Crippen LogP contribution in [-0.2, 0) is 11.3 Å². The molecule has 0 fully saturated rings. The Morgan fingerprint density at radius 1 is 0.947 bits per heavy atom. The van der Waals surface area contributed by atoms with Gasteiger partial charge in [0.05, 0.1) is 11.1 Å². The van der Waals surface area contributed by atoms with Crippen molar-refractivity contribution in [2.45, 2.75) is 6.61 Å². The van der Waals surface area contributed by atoms with Gasteiger partial charge in [-0.3, -0.25) is 0 Å². The number of rotatable bonds is 3. The smallest absolute Gasteiger partial charge is 0.338 e. The van der Waals surface area contributed by atoms with Crippen molar-refractivity contribution in [3.63, 3.8) is 0 Å². The van der Waals surface area contributed by atoms with Crippen LogP contribution in [0.25, 0.3) is 0 Å². The van der Waals surface area contributed by atoms with Crippen molar-refractivity contribution < 1.29 is 22.7 Å². The topological polar surface area (TPSA) is 26.3 Å². The summed E-state index contributed by atoms with van der Waals surface area (Å²) in [5.74, 6) is -4.23. The van der Waals surface area contributed by atoms with Gasteiger partial charge in [-0.2, -0.15) is 0 Å². The van der Waals surface area contributed by atoms with Gasteiger partial charge in [0, 0.05) is 0 Å². The molecule has 0 aliphatic rings. The lowest BCUT2D eigenvalue weighted by Gasteiger charge is -2.07. The highest BCUT2D eigenvalue weighted by Crippen LogP contribution is 2.17. The second-order valence-electron chi connectivity index (χ2n) is 3.76. The molecular formula is C14H9F3O2. The molecule has 5 heteroatoms. The first-order chi connectivity index (χ1) is 9.09. The van der Waals surface area contributed by atoms with Gasteiger partial charge < -0.3 is 4.74 Å². The number of halogens is 3. The van der Waals surface area contributed by atoms with E-state index >= 15 is 0 Å². The maximum Gasteiger partial charge on any atom is 0.338 e. The van der Waals surface area contributed by atoms with Crippen LogP contribution >= 0.6 is 0 Å². The largest absolute Gasteiger partial charge is 0.457 e. The Labute approximate surface area is 107 Å². The minimum atomic E-state index is -1.35. The van der Waals surface area contributed by atoms with Crippen LogP contribution in [0.15, 0.2) is 42.5 Å². The van der Waals surface area contributed by atoms with Crippen LogP contribution in [0, 0.1) is 17.5 Å².